The van der Waals surface area contributed by atoms with Crippen LogP contribution in [0.4, 0.5) is 0 Å². The highest BCUT2D eigenvalue weighted by atomic mass is 32.2. The van der Waals surface area contributed by atoms with E-state index in [-0.39, 0.29) is 5.60 Å². The number of ether oxygens (including phenoxy) is 1. The molecule has 0 spiro atoms. The van der Waals surface area contributed by atoms with Crippen molar-refractivity contribution in [2.24, 2.45) is 0 Å². The van der Waals surface area contributed by atoms with Crippen molar-refractivity contribution in [2.75, 3.05) is 12.4 Å². The number of aromatic nitrogens is 2. The monoisotopic (exact) mass is 210 g/mol. The number of rotatable bonds is 3. The summed E-state index contributed by atoms with van der Waals surface area (Å²) in [6.45, 7) is 6.97. The van der Waals surface area contributed by atoms with Crippen molar-refractivity contribution in [3.63, 3.8) is 0 Å². The van der Waals surface area contributed by atoms with Crippen molar-refractivity contribution in [3.05, 3.63) is 17.5 Å². The first-order valence-corrected chi connectivity index (χ1v) is 5.65. The number of hydrogen-bond acceptors (Lipinski definition) is 4. The Kier molecular flexibility index (Phi) is 2.49. The van der Waals surface area contributed by atoms with Crippen LogP contribution in [-0.2, 0) is 4.74 Å². The van der Waals surface area contributed by atoms with Gasteiger partial charge in [-0.1, -0.05) is 11.8 Å². The average Bonchev–Trinajstić information content (AvgIpc) is 2.80. The highest BCUT2D eigenvalue weighted by Crippen LogP contribution is 2.32. The first-order valence-electron chi connectivity index (χ1n) is 4.66. The van der Waals surface area contributed by atoms with E-state index < -0.39 is 0 Å². The van der Waals surface area contributed by atoms with Gasteiger partial charge in [0.2, 0.25) is 0 Å². The van der Waals surface area contributed by atoms with Crippen molar-refractivity contribution in [2.45, 2.75) is 31.5 Å². The summed E-state index contributed by atoms with van der Waals surface area (Å²) in [5.74, 6) is 0.940. The third-order valence-electron chi connectivity index (χ3n) is 2.11. The highest BCUT2D eigenvalue weighted by molar-refractivity contribution is 7.99. The van der Waals surface area contributed by atoms with E-state index in [4.69, 9.17) is 4.74 Å². The molecule has 0 aromatic carbocycles. The third-order valence-corrected chi connectivity index (χ3v) is 3.30. The summed E-state index contributed by atoms with van der Waals surface area (Å²) in [6.07, 6.45) is 0. The first-order chi connectivity index (χ1) is 6.57. The summed E-state index contributed by atoms with van der Waals surface area (Å²) in [5, 5.41) is 0.860. The van der Waals surface area contributed by atoms with E-state index in [0.717, 1.165) is 28.9 Å². The Morgan fingerprint density at radius 1 is 1.43 bits per heavy atom. The molecule has 0 amide bonds. The van der Waals surface area contributed by atoms with E-state index in [0.29, 0.717) is 0 Å². The van der Waals surface area contributed by atoms with Gasteiger partial charge in [0, 0.05) is 17.1 Å². The summed E-state index contributed by atoms with van der Waals surface area (Å²) in [5.41, 5.74) is 2.13. The summed E-state index contributed by atoms with van der Waals surface area (Å²) in [7, 11) is 0. The van der Waals surface area contributed by atoms with Gasteiger partial charge in [0.1, 0.15) is 0 Å². The molecule has 1 atom stereocenters. The lowest BCUT2D eigenvalue weighted by Crippen LogP contribution is -2.08. The molecule has 1 unspecified atom stereocenters. The number of nitrogens with zero attached hydrogens (tertiary/aromatic N) is 2. The van der Waals surface area contributed by atoms with Gasteiger partial charge in [-0.3, -0.25) is 0 Å². The minimum Gasteiger partial charge on any atom is -0.369 e. The Balaban J connectivity index is 2.01. The molecule has 14 heavy (non-hydrogen) atoms. The molecule has 4 heteroatoms. The maximum Gasteiger partial charge on any atom is 0.188 e. The van der Waals surface area contributed by atoms with Crippen LogP contribution in [0, 0.1) is 13.8 Å². The quantitative estimate of drug-likeness (QED) is 0.434. The van der Waals surface area contributed by atoms with E-state index >= 15 is 0 Å². The zero-order valence-electron chi connectivity index (χ0n) is 8.70. The smallest absolute Gasteiger partial charge is 0.188 e. The van der Waals surface area contributed by atoms with Crippen LogP contribution < -0.4 is 0 Å². The van der Waals surface area contributed by atoms with Gasteiger partial charge in [0.25, 0.3) is 0 Å². The fraction of sp³-hybridized carbons (Fsp3) is 0.600. The van der Waals surface area contributed by atoms with Gasteiger partial charge in [0.15, 0.2) is 5.16 Å². The van der Waals surface area contributed by atoms with Crippen LogP contribution in [0.15, 0.2) is 11.2 Å². The molecule has 1 aromatic heterocycles. The van der Waals surface area contributed by atoms with Gasteiger partial charge in [0.05, 0.1) is 12.2 Å². The second-order valence-electron chi connectivity index (χ2n) is 3.96. The Hall–Kier alpha value is -0.610. The number of hydrogen-bond donors (Lipinski definition) is 0. The SMILES string of the molecule is Cc1cc(C)nc(SCC2(C)CO2)n1. The maximum absolute atomic E-state index is 5.30. The molecular weight excluding hydrogens is 196 g/mol. The average molecular weight is 210 g/mol. The van der Waals surface area contributed by atoms with E-state index in [1.165, 1.54) is 0 Å². The van der Waals surface area contributed by atoms with E-state index in [1.54, 1.807) is 11.8 Å². The molecule has 1 fully saturated rings. The Morgan fingerprint density at radius 3 is 2.50 bits per heavy atom. The van der Waals surface area contributed by atoms with Gasteiger partial charge in [-0.25, -0.2) is 9.97 Å². The molecule has 1 aliphatic rings. The standard InChI is InChI=1S/C10H14N2OS/c1-7-4-8(2)12-9(11-7)14-6-10(3)5-13-10/h4H,5-6H2,1-3H3. The Bertz CT molecular complexity index is 330. The number of thioether (sulfide) groups is 1. The molecule has 2 rings (SSSR count). The van der Waals surface area contributed by atoms with Crippen molar-refractivity contribution >= 4 is 11.8 Å². The first kappa shape index (κ1) is 9.93. The van der Waals surface area contributed by atoms with Crippen molar-refractivity contribution < 1.29 is 4.74 Å². The molecule has 76 valence electrons. The largest absolute Gasteiger partial charge is 0.369 e. The Morgan fingerprint density at radius 2 is 2.00 bits per heavy atom. The van der Waals surface area contributed by atoms with Gasteiger partial charge >= 0.3 is 0 Å². The third kappa shape index (κ3) is 2.45. The molecule has 3 nitrogen and oxygen atoms in total. The fourth-order valence-electron chi connectivity index (χ4n) is 1.18. The second kappa shape index (κ2) is 3.51. The molecule has 1 aliphatic heterocycles. The summed E-state index contributed by atoms with van der Waals surface area (Å²) >= 11 is 1.67. The lowest BCUT2D eigenvalue weighted by Gasteiger charge is -2.04. The zero-order chi connectivity index (χ0) is 10.2. The molecule has 0 aliphatic carbocycles. The van der Waals surface area contributed by atoms with Crippen LogP contribution >= 0.6 is 11.8 Å². The normalized spacial score (nSPS) is 25.1. The fourth-order valence-corrected chi connectivity index (χ4v) is 2.20. The van der Waals surface area contributed by atoms with Crippen molar-refractivity contribution in [1.82, 2.24) is 9.97 Å². The van der Waals surface area contributed by atoms with Crippen LogP contribution in [0.5, 0.6) is 0 Å². The van der Waals surface area contributed by atoms with Gasteiger partial charge in [-0.05, 0) is 26.8 Å². The van der Waals surface area contributed by atoms with Gasteiger partial charge < -0.3 is 4.74 Å². The van der Waals surface area contributed by atoms with Crippen LogP contribution in [0.1, 0.15) is 18.3 Å². The Labute approximate surface area is 88.3 Å². The predicted molar refractivity (Wildman–Crippen MR) is 56.6 cm³/mol. The molecule has 0 N–H and O–H groups in total. The molecule has 0 saturated carbocycles. The lowest BCUT2D eigenvalue weighted by atomic mass is 10.3. The van der Waals surface area contributed by atoms with E-state index in [9.17, 15) is 0 Å². The zero-order valence-corrected chi connectivity index (χ0v) is 9.52. The molecule has 1 saturated heterocycles. The van der Waals surface area contributed by atoms with Crippen LogP contribution in [-0.4, -0.2) is 27.9 Å². The van der Waals surface area contributed by atoms with Crippen LogP contribution in [0.3, 0.4) is 0 Å². The minimum atomic E-state index is 0.0751. The number of epoxide rings is 1. The summed E-state index contributed by atoms with van der Waals surface area (Å²) < 4.78 is 5.30. The highest BCUT2D eigenvalue weighted by Gasteiger charge is 2.39. The molecule has 0 bridgehead atoms. The van der Waals surface area contributed by atoms with E-state index in [1.807, 2.05) is 19.9 Å². The molecule has 2 heterocycles. The lowest BCUT2D eigenvalue weighted by molar-refractivity contribution is 0.348. The maximum atomic E-state index is 5.30. The van der Waals surface area contributed by atoms with Crippen LogP contribution in [0.2, 0.25) is 0 Å². The molecular formula is C10H14N2OS. The van der Waals surface area contributed by atoms with Gasteiger partial charge in [-0.15, -0.1) is 0 Å². The summed E-state index contributed by atoms with van der Waals surface area (Å²) in [6, 6.07) is 1.99. The molecule has 1 aromatic rings. The van der Waals surface area contributed by atoms with Gasteiger partial charge in [-0.2, -0.15) is 0 Å². The predicted octanol–water partition coefficient (Wildman–Crippen LogP) is 1.97. The minimum absolute atomic E-state index is 0.0751. The van der Waals surface area contributed by atoms with E-state index in [2.05, 4.69) is 16.9 Å². The van der Waals surface area contributed by atoms with Crippen molar-refractivity contribution in [3.8, 4) is 0 Å². The van der Waals surface area contributed by atoms with Crippen LogP contribution in [0.25, 0.3) is 0 Å². The second-order valence-corrected chi connectivity index (χ2v) is 4.90. The number of aryl methyl sites for hydroxylation is 2. The molecule has 0 radical (unpaired) electrons. The summed E-state index contributed by atoms with van der Waals surface area (Å²) in [4.78, 5) is 8.72. The topological polar surface area (TPSA) is 38.3 Å². The van der Waals surface area contributed by atoms with Crippen molar-refractivity contribution in [1.29, 1.82) is 0 Å².